The van der Waals surface area contributed by atoms with E-state index in [4.69, 9.17) is 4.74 Å². The standard InChI is InChI=1S/C16H15BrFNO2/c1-10-5-3-6-11(15(10)18)16(20)19-14-8-4-7-13(17)12(14)9-21-2/h3-8H,9H2,1-2H3,(H,19,20). The number of hydrogen-bond donors (Lipinski definition) is 1. The summed E-state index contributed by atoms with van der Waals surface area (Å²) < 4.78 is 19.9. The molecule has 5 heteroatoms. The van der Waals surface area contributed by atoms with E-state index >= 15 is 0 Å². The fourth-order valence-corrected chi connectivity index (χ4v) is 2.46. The van der Waals surface area contributed by atoms with Crippen LogP contribution in [0.2, 0.25) is 0 Å². The third kappa shape index (κ3) is 3.49. The molecule has 2 rings (SSSR count). The molecule has 0 aliphatic carbocycles. The number of aryl methyl sites for hydroxylation is 1. The lowest BCUT2D eigenvalue weighted by Crippen LogP contribution is -2.15. The molecule has 2 aromatic carbocycles. The highest BCUT2D eigenvalue weighted by molar-refractivity contribution is 9.10. The van der Waals surface area contributed by atoms with Gasteiger partial charge in [0.2, 0.25) is 0 Å². The van der Waals surface area contributed by atoms with Gasteiger partial charge in [-0.15, -0.1) is 0 Å². The molecule has 0 bridgehead atoms. The molecule has 0 aliphatic heterocycles. The number of nitrogens with one attached hydrogen (secondary N) is 1. The minimum absolute atomic E-state index is 0.0262. The molecular formula is C16H15BrFNO2. The summed E-state index contributed by atoms with van der Waals surface area (Å²) in [7, 11) is 1.57. The number of carbonyl (C=O) groups is 1. The quantitative estimate of drug-likeness (QED) is 0.891. The molecule has 0 heterocycles. The molecule has 0 aliphatic rings. The maximum Gasteiger partial charge on any atom is 0.258 e. The van der Waals surface area contributed by atoms with Crippen molar-refractivity contribution in [2.24, 2.45) is 0 Å². The van der Waals surface area contributed by atoms with E-state index in [-0.39, 0.29) is 5.56 Å². The lowest BCUT2D eigenvalue weighted by molar-refractivity contribution is 0.102. The summed E-state index contributed by atoms with van der Waals surface area (Å²) in [6.45, 7) is 1.97. The second kappa shape index (κ2) is 6.83. The van der Waals surface area contributed by atoms with Gasteiger partial charge in [-0.2, -0.15) is 0 Å². The fraction of sp³-hybridized carbons (Fsp3) is 0.188. The second-order valence-corrected chi connectivity index (χ2v) is 5.44. The van der Waals surface area contributed by atoms with Gasteiger partial charge in [-0.05, 0) is 30.7 Å². The van der Waals surface area contributed by atoms with Crippen LogP contribution in [0.3, 0.4) is 0 Å². The van der Waals surface area contributed by atoms with Gasteiger partial charge in [-0.3, -0.25) is 4.79 Å². The number of ether oxygens (including phenoxy) is 1. The van der Waals surface area contributed by atoms with Crippen molar-refractivity contribution in [3.8, 4) is 0 Å². The number of benzene rings is 2. The number of methoxy groups -OCH3 is 1. The van der Waals surface area contributed by atoms with Crippen LogP contribution in [0.4, 0.5) is 10.1 Å². The summed E-state index contributed by atoms with van der Waals surface area (Å²) in [4.78, 5) is 12.2. The highest BCUT2D eigenvalue weighted by Gasteiger charge is 2.15. The van der Waals surface area contributed by atoms with Crippen LogP contribution < -0.4 is 5.32 Å². The molecule has 1 amide bonds. The van der Waals surface area contributed by atoms with Gasteiger partial charge in [-0.25, -0.2) is 4.39 Å². The normalized spacial score (nSPS) is 10.5. The third-order valence-electron chi connectivity index (χ3n) is 3.09. The summed E-state index contributed by atoms with van der Waals surface area (Å²) in [5, 5.41) is 2.73. The molecule has 0 aromatic heterocycles. The number of carbonyl (C=O) groups excluding carboxylic acids is 1. The van der Waals surface area contributed by atoms with Gasteiger partial charge in [0.15, 0.2) is 0 Å². The molecular weight excluding hydrogens is 337 g/mol. The average molecular weight is 352 g/mol. The van der Waals surface area contributed by atoms with Crippen LogP contribution in [-0.4, -0.2) is 13.0 Å². The Morgan fingerprint density at radius 1 is 1.29 bits per heavy atom. The minimum Gasteiger partial charge on any atom is -0.380 e. The Hall–Kier alpha value is -1.72. The summed E-state index contributed by atoms with van der Waals surface area (Å²) in [6, 6.07) is 10.2. The highest BCUT2D eigenvalue weighted by Crippen LogP contribution is 2.26. The molecule has 3 nitrogen and oxygen atoms in total. The Morgan fingerprint density at radius 2 is 2.00 bits per heavy atom. The highest BCUT2D eigenvalue weighted by atomic mass is 79.9. The van der Waals surface area contributed by atoms with E-state index in [1.54, 1.807) is 38.3 Å². The van der Waals surface area contributed by atoms with Crippen LogP contribution >= 0.6 is 15.9 Å². The maximum absolute atomic E-state index is 14.0. The third-order valence-corrected chi connectivity index (χ3v) is 3.84. The zero-order chi connectivity index (χ0) is 15.4. The second-order valence-electron chi connectivity index (χ2n) is 4.59. The Labute approximate surface area is 131 Å². The molecule has 2 aromatic rings. The number of hydrogen-bond acceptors (Lipinski definition) is 2. The van der Waals surface area contributed by atoms with Crippen LogP contribution in [-0.2, 0) is 11.3 Å². The number of halogens is 2. The van der Waals surface area contributed by atoms with Gasteiger partial charge in [0.1, 0.15) is 5.82 Å². The smallest absolute Gasteiger partial charge is 0.258 e. The minimum atomic E-state index is -0.502. The first kappa shape index (κ1) is 15.7. The van der Waals surface area contributed by atoms with Gasteiger partial charge in [0.05, 0.1) is 12.2 Å². The van der Waals surface area contributed by atoms with Gasteiger partial charge < -0.3 is 10.1 Å². The largest absolute Gasteiger partial charge is 0.380 e. The molecule has 1 N–H and O–H groups in total. The lowest BCUT2D eigenvalue weighted by atomic mass is 10.1. The van der Waals surface area contributed by atoms with Crippen LogP contribution in [0.15, 0.2) is 40.9 Å². The summed E-state index contributed by atoms with van der Waals surface area (Å²) >= 11 is 3.42. The molecule has 110 valence electrons. The summed E-state index contributed by atoms with van der Waals surface area (Å²) in [6.07, 6.45) is 0. The topological polar surface area (TPSA) is 38.3 Å². The van der Waals surface area contributed by atoms with Crippen molar-refractivity contribution in [3.63, 3.8) is 0 Å². The van der Waals surface area contributed by atoms with Gasteiger partial charge in [0, 0.05) is 22.8 Å². The Kier molecular flexibility index (Phi) is 5.09. The summed E-state index contributed by atoms with van der Waals surface area (Å²) in [5.41, 5.74) is 1.87. The van der Waals surface area contributed by atoms with E-state index in [0.29, 0.717) is 17.9 Å². The van der Waals surface area contributed by atoms with Gasteiger partial charge in [0.25, 0.3) is 5.91 Å². The Balaban J connectivity index is 2.32. The van der Waals surface area contributed by atoms with E-state index in [1.165, 1.54) is 6.07 Å². The molecule has 21 heavy (non-hydrogen) atoms. The first-order valence-corrected chi connectivity index (χ1v) is 7.16. The molecule has 0 radical (unpaired) electrons. The van der Waals surface area contributed by atoms with Crippen molar-refractivity contribution in [1.82, 2.24) is 0 Å². The molecule has 0 saturated heterocycles. The van der Waals surface area contributed by atoms with E-state index in [1.807, 2.05) is 6.07 Å². The lowest BCUT2D eigenvalue weighted by Gasteiger charge is -2.13. The first-order chi connectivity index (χ1) is 10.0. The molecule has 0 unspecified atom stereocenters. The van der Waals surface area contributed by atoms with Gasteiger partial charge >= 0.3 is 0 Å². The van der Waals surface area contributed by atoms with Crippen LogP contribution in [0, 0.1) is 12.7 Å². The molecule has 0 atom stereocenters. The van der Waals surface area contributed by atoms with E-state index in [0.717, 1.165) is 10.0 Å². The average Bonchev–Trinajstić information content (AvgIpc) is 2.45. The first-order valence-electron chi connectivity index (χ1n) is 6.37. The van der Waals surface area contributed by atoms with Crippen molar-refractivity contribution in [2.75, 3.05) is 12.4 Å². The number of rotatable bonds is 4. The summed E-state index contributed by atoms with van der Waals surface area (Å²) in [5.74, 6) is -0.982. The number of anilines is 1. The zero-order valence-corrected chi connectivity index (χ0v) is 13.3. The van der Waals surface area contributed by atoms with Crippen molar-refractivity contribution < 1.29 is 13.9 Å². The molecule has 0 saturated carbocycles. The van der Waals surface area contributed by atoms with Crippen molar-refractivity contribution in [1.29, 1.82) is 0 Å². The van der Waals surface area contributed by atoms with E-state index in [9.17, 15) is 9.18 Å². The predicted molar refractivity (Wildman–Crippen MR) is 83.9 cm³/mol. The Bertz CT molecular complexity index is 673. The predicted octanol–water partition coefficient (Wildman–Crippen LogP) is 4.30. The van der Waals surface area contributed by atoms with Gasteiger partial charge in [-0.1, -0.05) is 34.1 Å². The SMILES string of the molecule is COCc1c(Br)cccc1NC(=O)c1cccc(C)c1F. The number of amides is 1. The molecule has 0 fully saturated rings. The fourth-order valence-electron chi connectivity index (χ4n) is 1.98. The van der Waals surface area contributed by atoms with Crippen molar-refractivity contribution in [2.45, 2.75) is 13.5 Å². The van der Waals surface area contributed by atoms with Crippen LogP contribution in [0.25, 0.3) is 0 Å². The zero-order valence-electron chi connectivity index (χ0n) is 11.7. The maximum atomic E-state index is 14.0. The molecule has 0 spiro atoms. The van der Waals surface area contributed by atoms with Crippen molar-refractivity contribution >= 4 is 27.5 Å². The monoisotopic (exact) mass is 351 g/mol. The van der Waals surface area contributed by atoms with E-state index in [2.05, 4.69) is 21.2 Å². The van der Waals surface area contributed by atoms with Crippen molar-refractivity contribution in [3.05, 3.63) is 63.4 Å². The van der Waals surface area contributed by atoms with E-state index < -0.39 is 11.7 Å². The van der Waals surface area contributed by atoms with Crippen LogP contribution in [0.5, 0.6) is 0 Å². The van der Waals surface area contributed by atoms with Crippen LogP contribution in [0.1, 0.15) is 21.5 Å². The Morgan fingerprint density at radius 3 is 2.71 bits per heavy atom.